The molecule has 0 saturated heterocycles. The molecule has 110 valence electrons. The van der Waals surface area contributed by atoms with Gasteiger partial charge in [-0.25, -0.2) is 0 Å². The predicted molar refractivity (Wildman–Crippen MR) is 92.1 cm³/mol. The third-order valence-electron chi connectivity index (χ3n) is 3.06. The monoisotopic (exact) mass is 365 g/mol. The zero-order chi connectivity index (χ0) is 15.4. The van der Waals surface area contributed by atoms with Gasteiger partial charge in [0.25, 0.3) is 0 Å². The summed E-state index contributed by atoms with van der Waals surface area (Å²) >= 11 is 8.48. The maximum Gasteiger partial charge on any atom is 0.129 e. The van der Waals surface area contributed by atoms with Crippen molar-refractivity contribution in [3.8, 4) is 11.5 Å². The Balaban J connectivity index is 2.16. The molecule has 0 atom stereocenters. The number of aryl methyl sites for hydroxylation is 1. The summed E-state index contributed by atoms with van der Waals surface area (Å²) < 4.78 is 12.1. The summed E-state index contributed by atoms with van der Waals surface area (Å²) in [6.45, 7) is 2.45. The molecular formula is C16H16BrNO2S. The smallest absolute Gasteiger partial charge is 0.129 e. The lowest BCUT2D eigenvalue weighted by Crippen LogP contribution is -2.12. The Morgan fingerprint density at radius 1 is 1.19 bits per heavy atom. The number of benzene rings is 2. The number of rotatable bonds is 5. The van der Waals surface area contributed by atoms with Crippen LogP contribution in [0.2, 0.25) is 0 Å². The molecule has 0 amide bonds. The highest BCUT2D eigenvalue weighted by Crippen LogP contribution is 2.24. The fourth-order valence-electron chi connectivity index (χ4n) is 1.97. The highest BCUT2D eigenvalue weighted by molar-refractivity contribution is 9.10. The van der Waals surface area contributed by atoms with Gasteiger partial charge in [0.1, 0.15) is 23.1 Å². The minimum atomic E-state index is 0.313. The van der Waals surface area contributed by atoms with Crippen molar-refractivity contribution in [2.45, 2.75) is 13.5 Å². The van der Waals surface area contributed by atoms with Crippen LogP contribution in [0.5, 0.6) is 11.5 Å². The Hall–Kier alpha value is -1.59. The summed E-state index contributed by atoms with van der Waals surface area (Å²) in [5.74, 6) is 1.52. The summed E-state index contributed by atoms with van der Waals surface area (Å²) in [7, 11) is 1.60. The van der Waals surface area contributed by atoms with E-state index in [4.69, 9.17) is 27.4 Å². The number of hydrogen-bond donors (Lipinski definition) is 1. The van der Waals surface area contributed by atoms with Crippen LogP contribution in [0.1, 0.15) is 16.7 Å². The molecule has 0 aliphatic heterocycles. The first-order valence-electron chi connectivity index (χ1n) is 6.37. The first kappa shape index (κ1) is 15.8. The molecule has 0 saturated carbocycles. The Bertz CT molecular complexity index is 673. The van der Waals surface area contributed by atoms with E-state index in [1.165, 1.54) is 0 Å². The zero-order valence-electron chi connectivity index (χ0n) is 11.9. The Morgan fingerprint density at radius 2 is 1.90 bits per heavy atom. The van der Waals surface area contributed by atoms with E-state index in [1.807, 2.05) is 43.3 Å². The van der Waals surface area contributed by atoms with Crippen LogP contribution >= 0.6 is 28.1 Å². The lowest BCUT2D eigenvalue weighted by Gasteiger charge is -2.12. The van der Waals surface area contributed by atoms with E-state index in [-0.39, 0.29) is 0 Å². The van der Waals surface area contributed by atoms with Crippen molar-refractivity contribution in [2.75, 3.05) is 7.11 Å². The van der Waals surface area contributed by atoms with Gasteiger partial charge in [-0.1, -0.05) is 34.2 Å². The van der Waals surface area contributed by atoms with E-state index >= 15 is 0 Å². The van der Waals surface area contributed by atoms with Crippen LogP contribution in [-0.4, -0.2) is 12.1 Å². The van der Waals surface area contributed by atoms with Crippen molar-refractivity contribution in [1.82, 2.24) is 0 Å². The number of nitrogens with two attached hydrogens (primary N) is 1. The van der Waals surface area contributed by atoms with Crippen LogP contribution in [0.4, 0.5) is 0 Å². The van der Waals surface area contributed by atoms with E-state index in [9.17, 15) is 0 Å². The molecule has 0 heterocycles. The largest absolute Gasteiger partial charge is 0.496 e. The van der Waals surface area contributed by atoms with Gasteiger partial charge in [0.2, 0.25) is 0 Å². The Kier molecular flexibility index (Phi) is 5.20. The van der Waals surface area contributed by atoms with E-state index in [2.05, 4.69) is 15.9 Å². The van der Waals surface area contributed by atoms with Crippen molar-refractivity contribution in [3.05, 3.63) is 57.6 Å². The van der Waals surface area contributed by atoms with Crippen molar-refractivity contribution < 1.29 is 9.47 Å². The van der Waals surface area contributed by atoms with Gasteiger partial charge in [0, 0.05) is 4.47 Å². The Morgan fingerprint density at radius 3 is 2.52 bits per heavy atom. The molecule has 0 fully saturated rings. The summed E-state index contributed by atoms with van der Waals surface area (Å²) in [6, 6.07) is 11.6. The van der Waals surface area contributed by atoms with Crippen molar-refractivity contribution in [3.63, 3.8) is 0 Å². The van der Waals surface area contributed by atoms with Crippen molar-refractivity contribution in [2.24, 2.45) is 5.73 Å². The van der Waals surface area contributed by atoms with Crippen LogP contribution in [0, 0.1) is 6.92 Å². The fourth-order valence-corrected chi connectivity index (χ4v) is 2.61. The minimum Gasteiger partial charge on any atom is -0.496 e. The third-order valence-corrected chi connectivity index (χ3v) is 3.77. The minimum absolute atomic E-state index is 0.313. The summed E-state index contributed by atoms with van der Waals surface area (Å²) in [6.07, 6.45) is 0. The molecule has 0 aliphatic rings. The van der Waals surface area contributed by atoms with Gasteiger partial charge in [-0.2, -0.15) is 0 Å². The summed E-state index contributed by atoms with van der Waals surface area (Å²) in [4.78, 5) is 0.313. The van der Waals surface area contributed by atoms with Crippen LogP contribution < -0.4 is 15.2 Å². The standard InChI is InChI=1S/C16H16BrNO2S/c1-10-7-12(17)4-6-14(10)20-9-11-3-5-15(19-2)13(8-11)16(18)21/h3-8H,9H2,1-2H3,(H2,18,21). The second kappa shape index (κ2) is 6.91. The number of ether oxygens (including phenoxy) is 2. The maximum absolute atomic E-state index is 5.84. The van der Waals surface area contributed by atoms with Crippen LogP contribution in [0.25, 0.3) is 0 Å². The van der Waals surface area contributed by atoms with Gasteiger partial charge in [-0.3, -0.25) is 0 Å². The lowest BCUT2D eigenvalue weighted by atomic mass is 10.1. The molecule has 0 unspecified atom stereocenters. The van der Waals surface area contributed by atoms with Crippen LogP contribution in [0.15, 0.2) is 40.9 Å². The molecule has 0 aromatic heterocycles. The Labute approximate surface area is 138 Å². The average molecular weight is 366 g/mol. The quantitative estimate of drug-likeness (QED) is 0.813. The van der Waals surface area contributed by atoms with Gasteiger partial charge < -0.3 is 15.2 Å². The zero-order valence-corrected chi connectivity index (χ0v) is 14.3. The highest BCUT2D eigenvalue weighted by atomic mass is 79.9. The summed E-state index contributed by atoms with van der Waals surface area (Å²) in [5, 5.41) is 0. The second-order valence-electron chi connectivity index (χ2n) is 4.60. The molecule has 0 spiro atoms. The van der Waals surface area contributed by atoms with Gasteiger partial charge in [-0.15, -0.1) is 0 Å². The van der Waals surface area contributed by atoms with E-state index in [0.29, 0.717) is 17.3 Å². The number of methoxy groups -OCH3 is 1. The summed E-state index contributed by atoms with van der Waals surface area (Å²) in [5.41, 5.74) is 8.50. The molecule has 2 aromatic carbocycles. The average Bonchev–Trinajstić information content (AvgIpc) is 2.46. The van der Waals surface area contributed by atoms with Crippen LogP contribution in [-0.2, 0) is 6.61 Å². The van der Waals surface area contributed by atoms with Gasteiger partial charge >= 0.3 is 0 Å². The van der Waals surface area contributed by atoms with Gasteiger partial charge in [0.15, 0.2) is 0 Å². The molecule has 0 bridgehead atoms. The highest BCUT2D eigenvalue weighted by Gasteiger charge is 2.08. The van der Waals surface area contributed by atoms with Crippen molar-refractivity contribution in [1.29, 1.82) is 0 Å². The normalized spacial score (nSPS) is 10.2. The number of hydrogen-bond acceptors (Lipinski definition) is 3. The van der Waals surface area contributed by atoms with E-state index in [1.54, 1.807) is 7.11 Å². The second-order valence-corrected chi connectivity index (χ2v) is 5.95. The van der Waals surface area contributed by atoms with Crippen LogP contribution in [0.3, 0.4) is 0 Å². The SMILES string of the molecule is COc1ccc(COc2ccc(Br)cc2C)cc1C(N)=S. The van der Waals surface area contributed by atoms with Gasteiger partial charge in [0.05, 0.1) is 12.7 Å². The molecule has 21 heavy (non-hydrogen) atoms. The van der Waals surface area contributed by atoms with Crippen molar-refractivity contribution >= 4 is 33.1 Å². The number of halogens is 1. The number of thiocarbonyl (C=S) groups is 1. The predicted octanol–water partition coefficient (Wildman–Crippen LogP) is 3.98. The molecular weight excluding hydrogens is 350 g/mol. The molecule has 2 aromatic rings. The third kappa shape index (κ3) is 3.95. The topological polar surface area (TPSA) is 44.5 Å². The first-order valence-corrected chi connectivity index (χ1v) is 7.57. The first-order chi connectivity index (χ1) is 10.0. The van der Waals surface area contributed by atoms with E-state index < -0.39 is 0 Å². The molecule has 0 radical (unpaired) electrons. The maximum atomic E-state index is 5.84. The lowest BCUT2D eigenvalue weighted by molar-refractivity contribution is 0.304. The fraction of sp³-hybridized carbons (Fsp3) is 0.188. The van der Waals surface area contributed by atoms with Gasteiger partial charge in [-0.05, 0) is 48.4 Å². The van der Waals surface area contributed by atoms with E-state index in [0.717, 1.165) is 26.9 Å². The molecule has 2 N–H and O–H groups in total. The molecule has 0 aliphatic carbocycles. The molecule has 2 rings (SSSR count). The molecule has 5 heteroatoms. The molecule has 3 nitrogen and oxygen atoms in total.